The number of halogens is 24. The largest absolute Gasteiger partial charge is 0.465 e. The zero-order chi connectivity index (χ0) is 42.8. The predicted molar refractivity (Wildman–Crippen MR) is 121 cm³/mol. The molecule has 30 heteroatoms. The molecule has 1 aliphatic rings. The van der Waals surface area contributed by atoms with E-state index in [4.69, 9.17) is 10.2 Å². The minimum Gasteiger partial charge on any atom is -0.465 e. The summed E-state index contributed by atoms with van der Waals surface area (Å²) in [6, 6.07) is -3.05. The maximum absolute atomic E-state index is 15.1. The number of amides is 2. The van der Waals surface area contributed by atoms with E-state index in [-0.39, 0.29) is 0 Å². The summed E-state index contributed by atoms with van der Waals surface area (Å²) in [4.78, 5) is 22.8. The van der Waals surface area contributed by atoms with Crippen molar-refractivity contribution in [1.29, 1.82) is 0 Å². The minimum atomic E-state index is -8.40. The van der Waals surface area contributed by atoms with E-state index in [0.717, 1.165) is 5.32 Å². The monoisotopic (exact) mass is 844 g/mol. The Hall–Kier alpha value is -3.14. The maximum Gasteiger partial charge on any atom is 0.405 e. The summed E-state index contributed by atoms with van der Waals surface area (Å²) >= 11 is 0. The van der Waals surface area contributed by atoms with E-state index in [1.165, 1.54) is 0 Å². The van der Waals surface area contributed by atoms with Crippen molar-refractivity contribution in [2.45, 2.75) is 116 Å². The van der Waals surface area contributed by atoms with Gasteiger partial charge in [0.1, 0.15) is 0 Å². The first-order valence-electron chi connectivity index (χ1n) is 13.4. The molecule has 314 valence electrons. The molecular weight excluding hydrogens is 824 g/mol. The second-order valence-corrected chi connectivity index (χ2v) is 11.8. The van der Waals surface area contributed by atoms with Gasteiger partial charge in [-0.05, 0) is 18.8 Å². The molecule has 0 spiro atoms. The third-order valence-corrected chi connectivity index (χ3v) is 8.34. The third kappa shape index (κ3) is 7.35. The Balaban J connectivity index is 4.17. The van der Waals surface area contributed by atoms with E-state index in [0.29, 0.717) is 12.2 Å². The summed E-state index contributed by atoms with van der Waals surface area (Å²) < 4.78 is 333. The quantitative estimate of drug-likeness (QED) is 0.117. The molecule has 53 heavy (non-hydrogen) atoms. The van der Waals surface area contributed by atoms with Crippen molar-refractivity contribution in [3.8, 4) is 0 Å². The Morgan fingerprint density at radius 2 is 0.962 bits per heavy atom. The lowest BCUT2D eigenvalue weighted by molar-refractivity contribution is -0.416. The highest BCUT2D eigenvalue weighted by Gasteiger charge is 2.90. The SMILES string of the molecule is CC1CCC(CC(F)(F)C(F)(F)C(F)(F)C(F)(F)C(F)(F)C(F)F)(NC(=O)O)C(CC(F)(F)C(F)(F)C(F)(F)C(F)(F)C(F)(F)C(F)F)C1NC(=O)O. The van der Waals surface area contributed by atoms with Crippen LogP contribution in [0.4, 0.5) is 115 Å². The Morgan fingerprint density at radius 1 is 0.604 bits per heavy atom. The van der Waals surface area contributed by atoms with Crippen LogP contribution in [-0.2, 0) is 0 Å². The van der Waals surface area contributed by atoms with Crippen molar-refractivity contribution >= 4 is 12.2 Å². The number of rotatable bonds is 16. The Kier molecular flexibility index (Phi) is 12.5. The number of nitrogens with one attached hydrogen (secondary N) is 2. The molecule has 1 saturated carbocycles. The second-order valence-electron chi connectivity index (χ2n) is 11.8. The molecule has 0 bridgehead atoms. The van der Waals surface area contributed by atoms with Crippen LogP contribution in [0.2, 0.25) is 0 Å². The van der Waals surface area contributed by atoms with Crippen LogP contribution in [0.1, 0.15) is 32.6 Å². The molecule has 4 atom stereocenters. The molecule has 4 N–H and O–H groups in total. The standard InChI is InChI=1S/C23H20F24N2O4/c1-6-2-3-13(49-12(52)53,5-15(30,31)19(38,39)23(46,47)21(42,43)17(34,35)10(26)27)7(8(6)48-11(50)51)4-14(28,29)18(36,37)22(44,45)20(40,41)16(32,33)9(24)25/h6-10,48-49H,2-5H2,1H3,(H,50,51)(H,52,53). The zero-order valence-electron chi connectivity index (χ0n) is 25.0. The first-order valence-corrected chi connectivity index (χ1v) is 13.4. The van der Waals surface area contributed by atoms with Crippen LogP contribution >= 0.6 is 0 Å². The molecule has 0 aromatic rings. The fourth-order valence-electron chi connectivity index (χ4n) is 5.39. The summed E-state index contributed by atoms with van der Waals surface area (Å²) in [5.41, 5.74) is -4.51. The smallest absolute Gasteiger partial charge is 0.405 e. The van der Waals surface area contributed by atoms with E-state index in [9.17, 15) is 97.4 Å². The molecule has 0 aromatic carbocycles. The predicted octanol–water partition coefficient (Wildman–Crippen LogP) is 9.34. The first-order chi connectivity index (χ1) is 23.0. The molecule has 0 saturated heterocycles. The Morgan fingerprint density at radius 3 is 1.28 bits per heavy atom. The van der Waals surface area contributed by atoms with Crippen molar-refractivity contribution < 1.29 is 125 Å². The van der Waals surface area contributed by atoms with Gasteiger partial charge in [0.05, 0.1) is 5.54 Å². The number of hydrogen-bond donors (Lipinski definition) is 4. The van der Waals surface area contributed by atoms with Gasteiger partial charge in [-0.2, -0.15) is 87.8 Å². The summed E-state index contributed by atoms with van der Waals surface area (Å²) in [5.74, 6) is -85.4. The number of alkyl halides is 24. The molecule has 6 nitrogen and oxygen atoms in total. The van der Waals surface area contributed by atoms with E-state index in [2.05, 4.69) is 0 Å². The highest BCUT2D eigenvalue weighted by molar-refractivity contribution is 5.67. The van der Waals surface area contributed by atoms with Gasteiger partial charge in [0.15, 0.2) is 0 Å². The van der Waals surface area contributed by atoms with Crippen LogP contribution < -0.4 is 10.6 Å². The average Bonchev–Trinajstić information content (AvgIpc) is 2.95. The topological polar surface area (TPSA) is 98.7 Å². The highest BCUT2D eigenvalue weighted by atomic mass is 19.4. The van der Waals surface area contributed by atoms with Gasteiger partial charge in [-0.1, -0.05) is 6.92 Å². The molecule has 1 fully saturated rings. The van der Waals surface area contributed by atoms with Crippen LogP contribution in [0, 0.1) is 11.8 Å². The van der Waals surface area contributed by atoms with Crippen LogP contribution in [0.15, 0.2) is 0 Å². The molecule has 0 aliphatic heterocycles. The minimum absolute atomic E-state index is 0.550. The second kappa shape index (κ2) is 13.9. The fraction of sp³-hybridized carbons (Fsp3) is 0.913. The van der Waals surface area contributed by atoms with Gasteiger partial charge in [-0.25, -0.2) is 27.2 Å². The van der Waals surface area contributed by atoms with Gasteiger partial charge in [0.25, 0.3) is 0 Å². The van der Waals surface area contributed by atoms with Gasteiger partial charge in [-0.3, -0.25) is 0 Å². The van der Waals surface area contributed by atoms with Gasteiger partial charge < -0.3 is 20.8 Å². The van der Waals surface area contributed by atoms with E-state index in [1.807, 2.05) is 0 Å². The average molecular weight is 844 g/mol. The number of carbonyl (C=O) groups is 2. The molecule has 2 amide bonds. The lowest BCUT2D eigenvalue weighted by Crippen LogP contribution is -2.73. The molecule has 1 rings (SSSR count). The lowest BCUT2D eigenvalue weighted by atomic mass is 9.61. The van der Waals surface area contributed by atoms with Crippen LogP contribution in [-0.4, -0.2) is 106 Å². The van der Waals surface area contributed by atoms with Crippen LogP contribution in [0.3, 0.4) is 0 Å². The molecular formula is C23H20F24N2O4. The molecule has 0 heterocycles. The van der Waals surface area contributed by atoms with Crippen molar-refractivity contribution in [2.24, 2.45) is 11.8 Å². The summed E-state index contributed by atoms with van der Waals surface area (Å²) in [7, 11) is 0. The first kappa shape index (κ1) is 47.9. The zero-order valence-corrected chi connectivity index (χ0v) is 25.0. The van der Waals surface area contributed by atoms with Gasteiger partial charge in [0, 0.05) is 24.8 Å². The molecule has 0 radical (unpaired) electrons. The van der Waals surface area contributed by atoms with Crippen molar-refractivity contribution in [3.63, 3.8) is 0 Å². The fourth-order valence-corrected chi connectivity index (χ4v) is 5.39. The van der Waals surface area contributed by atoms with Crippen molar-refractivity contribution in [2.75, 3.05) is 0 Å². The maximum atomic E-state index is 15.1. The van der Waals surface area contributed by atoms with Gasteiger partial charge in [0.2, 0.25) is 0 Å². The normalized spacial score (nSPS) is 23.7. The van der Waals surface area contributed by atoms with Crippen LogP contribution in [0.25, 0.3) is 0 Å². The third-order valence-electron chi connectivity index (χ3n) is 8.34. The summed E-state index contributed by atoms with van der Waals surface area (Å²) in [5, 5.41) is 19.7. The molecule has 1 aliphatic carbocycles. The van der Waals surface area contributed by atoms with E-state index < -0.39 is 133 Å². The van der Waals surface area contributed by atoms with Crippen molar-refractivity contribution in [1.82, 2.24) is 10.6 Å². The van der Waals surface area contributed by atoms with E-state index in [1.54, 1.807) is 0 Å². The van der Waals surface area contributed by atoms with E-state index >= 15 is 17.6 Å². The highest BCUT2D eigenvalue weighted by Crippen LogP contribution is 2.63. The molecule has 0 aromatic heterocycles. The number of carboxylic acid groups (broad SMARTS) is 2. The van der Waals surface area contributed by atoms with Gasteiger partial charge in [-0.15, -0.1) is 0 Å². The van der Waals surface area contributed by atoms with Gasteiger partial charge >= 0.3 is 84.3 Å². The van der Waals surface area contributed by atoms with Crippen LogP contribution in [0.5, 0.6) is 0 Å². The van der Waals surface area contributed by atoms with Crippen molar-refractivity contribution in [3.05, 3.63) is 0 Å². The number of hydrogen-bond acceptors (Lipinski definition) is 2. The molecule has 4 unspecified atom stereocenters. The summed E-state index contributed by atoms with van der Waals surface area (Å²) in [6.45, 7) is 0.550. The summed E-state index contributed by atoms with van der Waals surface area (Å²) in [6.07, 6.45) is -28.7. The Labute approximate surface area is 277 Å². The Bertz CT molecular complexity index is 1340. The lowest BCUT2D eigenvalue weighted by Gasteiger charge is -2.53.